The number of hydrogen-bond donors (Lipinski definition) is 1. The first-order valence-corrected chi connectivity index (χ1v) is 15.0. The van der Waals surface area contributed by atoms with Crippen LogP contribution in [0.4, 0.5) is 0 Å². The summed E-state index contributed by atoms with van der Waals surface area (Å²) in [6.07, 6.45) is -6.95. The molecule has 14 heteroatoms. The Balaban J connectivity index is 1.75. The molecule has 1 fully saturated rings. The van der Waals surface area contributed by atoms with Gasteiger partial charge in [0, 0.05) is 0 Å². The Morgan fingerprint density at radius 3 is 1.76 bits per heavy atom. The molecule has 1 aliphatic heterocycles. The number of carbonyl (C=O) groups excluding carboxylic acids is 3. The van der Waals surface area contributed by atoms with E-state index in [0.29, 0.717) is 0 Å². The normalized spacial score (nSPS) is 21.4. The molecule has 45 heavy (non-hydrogen) atoms. The fraction of sp³-hybridized carbons (Fsp3) is 0.290. The van der Waals surface area contributed by atoms with Gasteiger partial charge in [-0.2, -0.15) is 0 Å². The Kier molecular flexibility index (Phi) is 12.6. The van der Waals surface area contributed by atoms with E-state index >= 15 is 0 Å². The van der Waals surface area contributed by atoms with E-state index in [9.17, 15) is 14.4 Å². The van der Waals surface area contributed by atoms with Gasteiger partial charge in [-0.25, -0.2) is 9.59 Å². The molecule has 1 heterocycles. The van der Waals surface area contributed by atoms with Crippen LogP contribution in [0.1, 0.15) is 26.3 Å². The van der Waals surface area contributed by atoms with Gasteiger partial charge in [0.1, 0.15) is 18.8 Å². The van der Waals surface area contributed by atoms with Gasteiger partial charge in [-0.15, -0.1) is 0 Å². The molecule has 10 nitrogen and oxygen atoms in total. The minimum atomic E-state index is -2.31. The zero-order valence-corrected chi connectivity index (χ0v) is 26.4. The van der Waals surface area contributed by atoms with Crippen LogP contribution in [0.25, 0.3) is 0 Å². The summed E-state index contributed by atoms with van der Waals surface area (Å²) < 4.78 is 32.8. The molecule has 238 valence electrons. The number of esters is 2. The summed E-state index contributed by atoms with van der Waals surface area (Å²) in [5, 5.41) is 7.40. The molecule has 3 aromatic carbocycles. The molecule has 0 radical (unpaired) electrons. The van der Waals surface area contributed by atoms with E-state index in [1.54, 1.807) is 72.8 Å². The number of carbonyl (C=O) groups is 3. The lowest BCUT2D eigenvalue weighted by molar-refractivity contribution is -0.291. The fourth-order valence-electron chi connectivity index (χ4n) is 4.30. The third kappa shape index (κ3) is 10.1. The number of ether oxygens (including phenoxy) is 6. The first-order chi connectivity index (χ1) is 21.5. The van der Waals surface area contributed by atoms with Crippen LogP contribution >= 0.6 is 46.4 Å². The molecule has 0 aromatic heterocycles. The van der Waals surface area contributed by atoms with Crippen molar-refractivity contribution in [3.63, 3.8) is 0 Å². The fourth-order valence-corrected chi connectivity index (χ4v) is 4.51. The van der Waals surface area contributed by atoms with E-state index in [0.717, 1.165) is 5.56 Å². The van der Waals surface area contributed by atoms with E-state index < -0.39 is 64.2 Å². The van der Waals surface area contributed by atoms with Crippen molar-refractivity contribution in [1.82, 2.24) is 0 Å². The number of nitrogens with one attached hydrogen (secondary N) is 1. The van der Waals surface area contributed by atoms with Crippen LogP contribution in [0, 0.1) is 5.41 Å². The summed E-state index contributed by atoms with van der Waals surface area (Å²) >= 11 is 23.1. The number of rotatable bonds is 12. The monoisotopic (exact) mass is 697 g/mol. The van der Waals surface area contributed by atoms with Crippen LogP contribution in [0.3, 0.4) is 0 Å². The van der Waals surface area contributed by atoms with Crippen molar-refractivity contribution in [1.29, 1.82) is 5.41 Å². The van der Waals surface area contributed by atoms with Gasteiger partial charge in [-0.1, -0.05) is 102 Å². The molecule has 5 atom stereocenters. The van der Waals surface area contributed by atoms with Crippen LogP contribution < -0.4 is 0 Å². The number of hydrogen-bond acceptors (Lipinski definition) is 10. The van der Waals surface area contributed by atoms with Crippen molar-refractivity contribution in [2.45, 2.75) is 41.1 Å². The van der Waals surface area contributed by atoms with Crippen molar-refractivity contribution in [3.8, 4) is 0 Å². The summed E-state index contributed by atoms with van der Waals surface area (Å²) in [7, 11) is 0. The second kappa shape index (κ2) is 16.4. The zero-order valence-electron chi connectivity index (χ0n) is 23.4. The van der Waals surface area contributed by atoms with Gasteiger partial charge in [0.05, 0.1) is 24.3 Å². The molecule has 1 aliphatic rings. The van der Waals surface area contributed by atoms with Gasteiger partial charge < -0.3 is 28.4 Å². The average Bonchev–Trinajstić information content (AvgIpc) is 3.03. The molecular formula is C31H27Cl4NO9. The van der Waals surface area contributed by atoms with Crippen LogP contribution in [0.15, 0.2) is 91.0 Å². The minimum Gasteiger partial charge on any atom is -0.453 e. The maximum absolute atomic E-state index is 13.3. The predicted octanol–water partition coefficient (Wildman–Crippen LogP) is 5.89. The highest BCUT2D eigenvalue weighted by Gasteiger charge is 2.53. The predicted molar refractivity (Wildman–Crippen MR) is 166 cm³/mol. The van der Waals surface area contributed by atoms with E-state index in [1.165, 1.54) is 12.1 Å². The molecule has 0 aliphatic carbocycles. The lowest BCUT2D eigenvalue weighted by atomic mass is 9.97. The van der Waals surface area contributed by atoms with Gasteiger partial charge in [0.25, 0.3) is 3.79 Å². The van der Waals surface area contributed by atoms with Crippen molar-refractivity contribution in [2.75, 3.05) is 13.2 Å². The molecule has 0 saturated carbocycles. The molecule has 1 N–H and O–H groups in total. The summed E-state index contributed by atoms with van der Waals surface area (Å²) in [5.74, 6) is -2.41. The topological polar surface area (TPSA) is 130 Å². The highest BCUT2D eigenvalue weighted by Crippen LogP contribution is 2.34. The number of benzene rings is 3. The minimum absolute atomic E-state index is 0.0351. The zero-order chi connectivity index (χ0) is 32.4. The summed E-state index contributed by atoms with van der Waals surface area (Å²) in [6.45, 7) is -0.901. The van der Waals surface area contributed by atoms with Crippen molar-refractivity contribution < 1.29 is 42.8 Å². The largest absolute Gasteiger partial charge is 0.453 e. The van der Waals surface area contributed by atoms with Gasteiger partial charge in [0.2, 0.25) is 17.4 Å². The van der Waals surface area contributed by atoms with E-state index in [-0.39, 0.29) is 24.3 Å². The Hall–Kier alpha value is -3.22. The molecule has 0 bridgehead atoms. The van der Waals surface area contributed by atoms with Crippen molar-refractivity contribution in [2.24, 2.45) is 0 Å². The van der Waals surface area contributed by atoms with Crippen LogP contribution in [0.2, 0.25) is 0 Å². The molecule has 1 saturated heterocycles. The lowest BCUT2D eigenvalue weighted by Crippen LogP contribution is -2.63. The summed E-state index contributed by atoms with van der Waals surface area (Å²) in [6, 6.07) is 25.2. The first-order valence-electron chi connectivity index (χ1n) is 13.4. The molecular weight excluding hydrogens is 672 g/mol. The van der Waals surface area contributed by atoms with Crippen molar-refractivity contribution >= 4 is 69.5 Å². The van der Waals surface area contributed by atoms with E-state index in [1.807, 2.05) is 6.07 Å². The van der Waals surface area contributed by atoms with E-state index in [4.69, 9.17) is 80.2 Å². The Morgan fingerprint density at radius 1 is 0.733 bits per heavy atom. The van der Waals surface area contributed by atoms with Crippen LogP contribution in [0.5, 0.6) is 0 Å². The van der Waals surface area contributed by atoms with Gasteiger partial charge >= 0.3 is 11.9 Å². The third-order valence-electron chi connectivity index (χ3n) is 6.37. The second-order valence-electron chi connectivity index (χ2n) is 9.59. The van der Waals surface area contributed by atoms with Gasteiger partial charge in [-0.05, 0) is 41.4 Å². The van der Waals surface area contributed by atoms with Crippen LogP contribution in [-0.4, -0.2) is 70.8 Å². The standard InChI is InChI=1S/C31H27Cl4NO9/c32-23(37)18-40-17-22-24(43-27(38)20-12-6-2-7-13-20)25(41-16-19-10-4-1-5-11-19)26(29(42-22)45-30(36)31(33,34)35)44-28(39)21-14-8-3-9-15-21/h1-15,22,24-26,29,36H,16-18H2/t22-,24+,25+,26-,29-/m1/s1. The third-order valence-corrected chi connectivity index (χ3v) is 6.99. The average molecular weight is 699 g/mol. The first kappa shape index (κ1) is 34.6. The highest BCUT2D eigenvalue weighted by atomic mass is 35.6. The van der Waals surface area contributed by atoms with Crippen LogP contribution in [-0.2, 0) is 39.8 Å². The molecule has 3 aromatic rings. The Bertz CT molecular complexity index is 1440. The van der Waals surface area contributed by atoms with E-state index in [2.05, 4.69) is 0 Å². The molecule has 0 unspecified atom stereocenters. The SMILES string of the molecule is N=C(O[C@H]1O[C@H](COCC(=O)Cl)[C@H](OC(=O)c2ccccc2)[C@H](OCc2ccccc2)[C@H]1OC(=O)c1ccccc1)C(Cl)(Cl)Cl. The van der Waals surface area contributed by atoms with Gasteiger partial charge in [-0.3, -0.25) is 10.2 Å². The lowest BCUT2D eigenvalue weighted by Gasteiger charge is -2.45. The maximum atomic E-state index is 13.3. The highest BCUT2D eigenvalue weighted by molar-refractivity contribution is 6.76. The molecule has 0 spiro atoms. The summed E-state index contributed by atoms with van der Waals surface area (Å²) in [5.41, 5.74) is 1.12. The number of alkyl halides is 3. The quantitative estimate of drug-likeness (QED) is 0.0809. The summed E-state index contributed by atoms with van der Waals surface area (Å²) in [4.78, 5) is 38.1. The smallest absolute Gasteiger partial charge is 0.338 e. The maximum Gasteiger partial charge on any atom is 0.338 e. The number of halogens is 4. The van der Waals surface area contributed by atoms with Gasteiger partial charge in [0.15, 0.2) is 12.2 Å². The second-order valence-corrected chi connectivity index (χ2v) is 12.3. The molecule has 0 amide bonds. The van der Waals surface area contributed by atoms with Crippen molar-refractivity contribution in [3.05, 3.63) is 108 Å². The molecule has 4 rings (SSSR count). The Morgan fingerprint density at radius 2 is 1.24 bits per heavy atom. The Labute approximate surface area is 278 Å².